The third-order valence-electron chi connectivity index (χ3n) is 2.89. The molecule has 1 heterocycles. The molecule has 0 spiro atoms. The smallest absolute Gasteiger partial charge is 0.107 e. The molecule has 0 fully saturated rings. The molecule has 0 aliphatic heterocycles. The van der Waals surface area contributed by atoms with Gasteiger partial charge in [-0.25, -0.2) is 0 Å². The summed E-state index contributed by atoms with van der Waals surface area (Å²) in [7, 11) is 0. The Balaban J connectivity index is 1.90. The highest BCUT2D eigenvalue weighted by Crippen LogP contribution is 2.31. The lowest BCUT2D eigenvalue weighted by Gasteiger charge is -2.10. The molecule has 20 heavy (non-hydrogen) atoms. The van der Waals surface area contributed by atoms with E-state index >= 15 is 0 Å². The quantitative estimate of drug-likeness (QED) is 0.737. The number of nitrogens with one attached hydrogen (secondary N) is 1. The summed E-state index contributed by atoms with van der Waals surface area (Å²) in [5.41, 5.74) is 2.52. The zero-order chi connectivity index (χ0) is 14.4. The molecule has 5 heteroatoms. The average Bonchev–Trinajstić information content (AvgIpc) is 2.76. The van der Waals surface area contributed by atoms with Crippen LogP contribution in [0.3, 0.4) is 0 Å². The number of rotatable bonds is 7. The fourth-order valence-corrected chi connectivity index (χ4v) is 3.64. The fourth-order valence-electron chi connectivity index (χ4n) is 1.88. The maximum atomic E-state index is 6.04. The lowest BCUT2D eigenvalue weighted by molar-refractivity contribution is 0.133. The minimum absolute atomic E-state index is 0.671. The summed E-state index contributed by atoms with van der Waals surface area (Å²) in [5.74, 6) is 0. The van der Waals surface area contributed by atoms with Crippen LogP contribution >= 0.6 is 38.9 Å². The van der Waals surface area contributed by atoms with E-state index in [9.17, 15) is 0 Å². The molecule has 1 aromatic heterocycles. The van der Waals surface area contributed by atoms with E-state index in [2.05, 4.69) is 45.5 Å². The Morgan fingerprint density at radius 2 is 2.00 bits per heavy atom. The number of halogens is 2. The molecule has 0 bridgehead atoms. The molecule has 0 aliphatic carbocycles. The van der Waals surface area contributed by atoms with Crippen molar-refractivity contribution in [2.24, 2.45) is 0 Å². The molecule has 0 saturated heterocycles. The Morgan fingerprint density at radius 3 is 2.65 bits per heavy atom. The first-order valence-corrected chi connectivity index (χ1v) is 8.48. The zero-order valence-corrected chi connectivity index (χ0v) is 14.4. The monoisotopic (exact) mass is 373 g/mol. The summed E-state index contributed by atoms with van der Waals surface area (Å²) in [4.78, 5) is 1.23. The van der Waals surface area contributed by atoms with Gasteiger partial charge in [-0.3, -0.25) is 0 Å². The second-order valence-corrected chi connectivity index (χ2v) is 6.94. The highest BCUT2D eigenvalue weighted by molar-refractivity contribution is 9.10. The van der Waals surface area contributed by atoms with Crippen LogP contribution in [-0.2, 0) is 24.4 Å². The van der Waals surface area contributed by atoms with Crippen molar-refractivity contribution in [3.63, 3.8) is 0 Å². The molecule has 0 radical (unpaired) electrons. The molecule has 0 amide bonds. The van der Waals surface area contributed by atoms with Gasteiger partial charge < -0.3 is 10.1 Å². The molecule has 0 saturated carbocycles. The molecule has 2 nitrogen and oxygen atoms in total. The fraction of sp³-hybridized carbons (Fsp3) is 0.333. The van der Waals surface area contributed by atoms with Gasteiger partial charge in [0, 0.05) is 29.0 Å². The van der Waals surface area contributed by atoms with E-state index in [0.717, 1.165) is 28.5 Å². The highest BCUT2D eigenvalue weighted by Gasteiger charge is 2.05. The number of hydrogen-bond acceptors (Lipinski definition) is 3. The Morgan fingerprint density at radius 1 is 1.25 bits per heavy atom. The van der Waals surface area contributed by atoms with Crippen molar-refractivity contribution in [1.29, 1.82) is 0 Å². The van der Waals surface area contributed by atoms with Crippen LogP contribution < -0.4 is 5.32 Å². The van der Waals surface area contributed by atoms with Crippen LogP contribution in [0, 0.1) is 0 Å². The largest absolute Gasteiger partial charge is 0.377 e. The zero-order valence-electron chi connectivity index (χ0n) is 11.3. The summed E-state index contributed by atoms with van der Waals surface area (Å²) in [6.07, 6.45) is 0. The molecule has 0 aliphatic rings. The van der Waals surface area contributed by atoms with Gasteiger partial charge in [-0.15, -0.1) is 11.3 Å². The Hall–Kier alpha value is -0.390. The molecular formula is C15H17BrClNOS. The Kier molecular flexibility index (Phi) is 6.52. The maximum Gasteiger partial charge on any atom is 0.107 e. The van der Waals surface area contributed by atoms with Crippen molar-refractivity contribution in [3.05, 3.63) is 55.1 Å². The van der Waals surface area contributed by atoms with Gasteiger partial charge >= 0.3 is 0 Å². The first-order valence-electron chi connectivity index (χ1n) is 6.49. The van der Waals surface area contributed by atoms with Crippen LogP contribution in [0.2, 0.25) is 4.34 Å². The molecule has 2 aromatic rings. The van der Waals surface area contributed by atoms with Crippen LogP contribution in [-0.4, -0.2) is 6.61 Å². The molecule has 0 atom stereocenters. The highest BCUT2D eigenvalue weighted by atomic mass is 79.9. The number of hydrogen-bond donors (Lipinski definition) is 1. The van der Waals surface area contributed by atoms with E-state index < -0.39 is 0 Å². The molecule has 0 unspecified atom stereocenters. The van der Waals surface area contributed by atoms with Crippen molar-refractivity contribution in [3.8, 4) is 0 Å². The first-order chi connectivity index (χ1) is 9.70. The minimum atomic E-state index is 0.671. The summed E-state index contributed by atoms with van der Waals surface area (Å²) < 4.78 is 7.27. The van der Waals surface area contributed by atoms with Crippen LogP contribution in [0.4, 0.5) is 0 Å². The van der Waals surface area contributed by atoms with Crippen LogP contribution in [0.25, 0.3) is 0 Å². The van der Waals surface area contributed by atoms with Gasteiger partial charge in [-0.2, -0.15) is 0 Å². The second-order valence-electron chi connectivity index (χ2n) is 4.34. The number of benzene rings is 1. The number of ether oxygens (including phenoxy) is 1. The summed E-state index contributed by atoms with van der Waals surface area (Å²) in [5, 5.41) is 3.45. The predicted octanol–water partition coefficient (Wildman–Crippen LogP) is 4.99. The molecule has 2 rings (SSSR count). The molecule has 1 aromatic carbocycles. The van der Waals surface area contributed by atoms with Gasteiger partial charge in [0.05, 0.1) is 6.61 Å². The maximum absolute atomic E-state index is 6.04. The predicted molar refractivity (Wildman–Crippen MR) is 89.3 cm³/mol. The lowest BCUT2D eigenvalue weighted by atomic mass is 10.1. The van der Waals surface area contributed by atoms with Gasteiger partial charge in [0.15, 0.2) is 0 Å². The molecule has 108 valence electrons. The Labute approximate surface area is 137 Å². The first kappa shape index (κ1) is 16.0. The van der Waals surface area contributed by atoms with Gasteiger partial charge in [-0.1, -0.05) is 35.9 Å². The van der Waals surface area contributed by atoms with Gasteiger partial charge in [0.2, 0.25) is 0 Å². The average molecular weight is 375 g/mol. The number of thiophene rings is 1. The van der Waals surface area contributed by atoms with Crippen LogP contribution in [0.15, 0.2) is 34.8 Å². The van der Waals surface area contributed by atoms with E-state index in [4.69, 9.17) is 16.3 Å². The van der Waals surface area contributed by atoms with Crippen LogP contribution in [0.1, 0.15) is 22.9 Å². The molecular weight excluding hydrogens is 358 g/mol. The summed E-state index contributed by atoms with van der Waals surface area (Å²) in [6, 6.07) is 10.4. The van der Waals surface area contributed by atoms with Gasteiger partial charge in [-0.05, 0) is 40.0 Å². The van der Waals surface area contributed by atoms with E-state index in [-0.39, 0.29) is 0 Å². The van der Waals surface area contributed by atoms with E-state index in [1.165, 1.54) is 16.0 Å². The molecule has 1 N–H and O–H groups in total. The van der Waals surface area contributed by atoms with Crippen molar-refractivity contribution in [2.75, 3.05) is 6.61 Å². The van der Waals surface area contributed by atoms with Crippen molar-refractivity contribution < 1.29 is 4.74 Å². The van der Waals surface area contributed by atoms with Crippen molar-refractivity contribution >= 4 is 38.9 Å². The van der Waals surface area contributed by atoms with E-state index in [1.807, 2.05) is 13.0 Å². The summed E-state index contributed by atoms with van der Waals surface area (Å²) in [6.45, 7) is 5.07. The van der Waals surface area contributed by atoms with Gasteiger partial charge in [0.25, 0.3) is 0 Å². The van der Waals surface area contributed by atoms with Crippen molar-refractivity contribution in [2.45, 2.75) is 26.6 Å². The topological polar surface area (TPSA) is 21.3 Å². The van der Waals surface area contributed by atoms with Crippen molar-refractivity contribution in [1.82, 2.24) is 5.32 Å². The third-order valence-corrected chi connectivity index (χ3v) is 5.37. The third kappa shape index (κ3) is 4.57. The normalized spacial score (nSPS) is 10.9. The minimum Gasteiger partial charge on any atom is -0.377 e. The standard InChI is InChI=1S/C15H17BrClNOS/c1-2-19-10-12-6-4-3-5-11(12)8-18-9-13-7-14(16)15(17)20-13/h3-7,18H,2,8-10H2,1H3. The van der Waals surface area contributed by atoms with E-state index in [1.54, 1.807) is 11.3 Å². The SMILES string of the molecule is CCOCc1ccccc1CNCc1cc(Br)c(Cl)s1. The van der Waals surface area contributed by atoms with E-state index in [0.29, 0.717) is 6.61 Å². The van der Waals surface area contributed by atoms with Gasteiger partial charge in [0.1, 0.15) is 4.34 Å². The van der Waals surface area contributed by atoms with Crippen LogP contribution in [0.5, 0.6) is 0 Å². The lowest BCUT2D eigenvalue weighted by Crippen LogP contribution is -2.13. The summed E-state index contributed by atoms with van der Waals surface area (Å²) >= 11 is 11.1. The second kappa shape index (κ2) is 8.15. The Bertz CT molecular complexity index is 539.